The quantitative estimate of drug-likeness (QED) is 0.507. The van der Waals surface area contributed by atoms with Crippen molar-refractivity contribution < 1.29 is 8.42 Å². The smallest absolute Gasteiger partial charge is 0.211 e. The largest absolute Gasteiger partial charge is 0.388 e. The van der Waals surface area contributed by atoms with Crippen molar-refractivity contribution in [1.82, 2.24) is 9.21 Å². The van der Waals surface area contributed by atoms with Crippen molar-refractivity contribution in [3.63, 3.8) is 0 Å². The Morgan fingerprint density at radius 3 is 2.25 bits per heavy atom. The van der Waals surface area contributed by atoms with Gasteiger partial charge in [0.1, 0.15) is 0 Å². The third-order valence-corrected chi connectivity index (χ3v) is 4.18. The summed E-state index contributed by atoms with van der Waals surface area (Å²) in [5, 5.41) is 7.23. The third-order valence-electron chi connectivity index (χ3n) is 2.88. The first-order chi connectivity index (χ1) is 7.30. The predicted octanol–water partition coefficient (Wildman–Crippen LogP) is -0.722. The predicted molar refractivity (Wildman–Crippen MR) is 64.0 cm³/mol. The Labute approximate surface area is 97.0 Å². The van der Waals surface area contributed by atoms with Crippen molar-refractivity contribution in [1.29, 1.82) is 5.41 Å². The van der Waals surface area contributed by atoms with Gasteiger partial charge in [-0.05, 0) is 6.92 Å². The lowest BCUT2D eigenvalue weighted by Gasteiger charge is -2.36. The van der Waals surface area contributed by atoms with Gasteiger partial charge in [0.25, 0.3) is 0 Å². The first kappa shape index (κ1) is 13.4. The standard InChI is InChI=1S/C9H20N4O2S/c1-8(7-9(10)11)12-3-5-13(6-4-12)16(2,14)15/h8H,3-7H2,1-2H3,(H3,10,11). The van der Waals surface area contributed by atoms with E-state index in [4.69, 9.17) is 11.1 Å². The minimum Gasteiger partial charge on any atom is -0.388 e. The van der Waals surface area contributed by atoms with Gasteiger partial charge in [-0.2, -0.15) is 4.31 Å². The molecular weight excluding hydrogens is 228 g/mol. The van der Waals surface area contributed by atoms with Crippen LogP contribution in [0.1, 0.15) is 13.3 Å². The highest BCUT2D eigenvalue weighted by Gasteiger charge is 2.25. The Morgan fingerprint density at radius 2 is 1.88 bits per heavy atom. The monoisotopic (exact) mass is 248 g/mol. The number of hydrogen-bond donors (Lipinski definition) is 2. The summed E-state index contributed by atoms with van der Waals surface area (Å²) in [6, 6.07) is 0.208. The van der Waals surface area contributed by atoms with Crippen LogP contribution in [0.5, 0.6) is 0 Å². The summed E-state index contributed by atoms with van der Waals surface area (Å²) in [5.41, 5.74) is 5.35. The Balaban J connectivity index is 2.46. The minimum atomic E-state index is -3.06. The number of hydrogen-bond acceptors (Lipinski definition) is 4. The van der Waals surface area contributed by atoms with Crippen LogP contribution in [0.4, 0.5) is 0 Å². The van der Waals surface area contributed by atoms with Crippen LogP contribution >= 0.6 is 0 Å². The molecule has 1 heterocycles. The maximum atomic E-state index is 11.3. The Morgan fingerprint density at radius 1 is 1.38 bits per heavy atom. The first-order valence-electron chi connectivity index (χ1n) is 5.33. The van der Waals surface area contributed by atoms with Gasteiger partial charge in [-0.25, -0.2) is 8.42 Å². The van der Waals surface area contributed by atoms with E-state index < -0.39 is 10.0 Å². The van der Waals surface area contributed by atoms with Gasteiger partial charge >= 0.3 is 0 Å². The summed E-state index contributed by atoms with van der Waals surface area (Å²) < 4.78 is 24.1. The highest BCUT2D eigenvalue weighted by molar-refractivity contribution is 7.88. The molecule has 6 nitrogen and oxygen atoms in total. The molecule has 1 aliphatic rings. The minimum absolute atomic E-state index is 0.179. The summed E-state index contributed by atoms with van der Waals surface area (Å²) >= 11 is 0. The second-order valence-electron chi connectivity index (χ2n) is 4.28. The molecule has 0 radical (unpaired) electrons. The van der Waals surface area contributed by atoms with E-state index in [1.54, 1.807) is 0 Å². The molecule has 0 saturated carbocycles. The van der Waals surface area contributed by atoms with Gasteiger partial charge in [-0.1, -0.05) is 0 Å². The second-order valence-corrected chi connectivity index (χ2v) is 6.26. The van der Waals surface area contributed by atoms with Crippen molar-refractivity contribution in [2.24, 2.45) is 5.73 Å². The maximum Gasteiger partial charge on any atom is 0.211 e. The summed E-state index contributed by atoms with van der Waals surface area (Å²) in [7, 11) is -3.06. The van der Waals surface area contributed by atoms with E-state index in [9.17, 15) is 8.42 Å². The van der Waals surface area contributed by atoms with Crippen LogP contribution in [-0.4, -0.2) is 61.9 Å². The highest BCUT2D eigenvalue weighted by atomic mass is 32.2. The number of sulfonamides is 1. The summed E-state index contributed by atoms with van der Waals surface area (Å²) in [5.74, 6) is 0.179. The zero-order chi connectivity index (χ0) is 12.3. The molecule has 7 heteroatoms. The topological polar surface area (TPSA) is 90.5 Å². The third kappa shape index (κ3) is 3.73. The number of nitrogens with two attached hydrogens (primary N) is 1. The van der Waals surface area contributed by atoms with Gasteiger partial charge in [0.15, 0.2) is 0 Å². The molecule has 16 heavy (non-hydrogen) atoms. The van der Waals surface area contributed by atoms with Crippen LogP contribution < -0.4 is 5.73 Å². The SMILES string of the molecule is CC(CC(=N)N)N1CCN(S(C)(=O)=O)CC1. The van der Waals surface area contributed by atoms with E-state index in [0.717, 1.165) is 0 Å². The Bertz CT molecular complexity index is 347. The second kappa shape index (κ2) is 5.11. The van der Waals surface area contributed by atoms with Gasteiger partial charge in [0.05, 0.1) is 12.1 Å². The van der Waals surface area contributed by atoms with Crippen molar-refractivity contribution >= 4 is 15.9 Å². The van der Waals surface area contributed by atoms with Crippen molar-refractivity contribution in [3.05, 3.63) is 0 Å². The van der Waals surface area contributed by atoms with Crippen LogP contribution in [0.15, 0.2) is 0 Å². The van der Waals surface area contributed by atoms with Crippen LogP contribution in [0, 0.1) is 5.41 Å². The zero-order valence-electron chi connectivity index (χ0n) is 9.81. The Kier molecular flexibility index (Phi) is 4.28. The molecule has 1 rings (SSSR count). The van der Waals surface area contributed by atoms with Crippen molar-refractivity contribution in [3.8, 4) is 0 Å². The summed E-state index contributed by atoms with van der Waals surface area (Å²) in [6.45, 7) is 4.49. The summed E-state index contributed by atoms with van der Waals surface area (Å²) in [4.78, 5) is 2.17. The fraction of sp³-hybridized carbons (Fsp3) is 0.889. The normalized spacial score (nSPS) is 21.9. The van der Waals surface area contributed by atoms with E-state index in [-0.39, 0.29) is 11.9 Å². The van der Waals surface area contributed by atoms with E-state index >= 15 is 0 Å². The lowest BCUT2D eigenvalue weighted by atomic mass is 10.1. The molecule has 3 N–H and O–H groups in total. The summed E-state index contributed by atoms with van der Waals surface area (Å²) in [6.07, 6.45) is 1.78. The average Bonchev–Trinajstić information content (AvgIpc) is 2.15. The van der Waals surface area contributed by atoms with Gasteiger partial charge in [0, 0.05) is 38.6 Å². The molecule has 1 unspecified atom stereocenters. The lowest BCUT2D eigenvalue weighted by Crippen LogP contribution is -2.51. The molecule has 0 bridgehead atoms. The number of piperazine rings is 1. The van der Waals surface area contributed by atoms with Crippen LogP contribution in [-0.2, 0) is 10.0 Å². The van der Waals surface area contributed by atoms with Gasteiger partial charge < -0.3 is 5.73 Å². The van der Waals surface area contributed by atoms with E-state index in [1.165, 1.54) is 10.6 Å². The molecule has 0 amide bonds. The molecule has 1 atom stereocenters. The van der Waals surface area contributed by atoms with Crippen molar-refractivity contribution in [2.45, 2.75) is 19.4 Å². The zero-order valence-corrected chi connectivity index (χ0v) is 10.6. The molecule has 1 aliphatic heterocycles. The Hall–Kier alpha value is -0.660. The fourth-order valence-electron chi connectivity index (χ4n) is 1.92. The van der Waals surface area contributed by atoms with Gasteiger partial charge in [0.2, 0.25) is 10.0 Å². The molecule has 1 saturated heterocycles. The molecule has 0 spiro atoms. The number of nitrogens with zero attached hydrogens (tertiary/aromatic N) is 2. The van der Waals surface area contributed by atoms with Gasteiger partial charge in [-0.15, -0.1) is 0 Å². The average molecular weight is 248 g/mol. The molecule has 0 aromatic rings. The number of rotatable bonds is 4. The molecular formula is C9H20N4O2S. The highest BCUT2D eigenvalue weighted by Crippen LogP contribution is 2.10. The van der Waals surface area contributed by atoms with Crippen LogP contribution in [0.2, 0.25) is 0 Å². The van der Waals surface area contributed by atoms with Crippen molar-refractivity contribution in [2.75, 3.05) is 32.4 Å². The van der Waals surface area contributed by atoms with E-state index in [1.807, 2.05) is 6.92 Å². The lowest BCUT2D eigenvalue weighted by molar-refractivity contribution is 0.148. The molecule has 0 aromatic heterocycles. The van der Waals surface area contributed by atoms with Crippen LogP contribution in [0.25, 0.3) is 0 Å². The molecule has 94 valence electrons. The van der Waals surface area contributed by atoms with Gasteiger partial charge in [-0.3, -0.25) is 10.3 Å². The van der Waals surface area contributed by atoms with Crippen LogP contribution in [0.3, 0.4) is 0 Å². The molecule has 0 aromatic carbocycles. The number of nitrogens with one attached hydrogen (secondary N) is 1. The maximum absolute atomic E-state index is 11.3. The first-order valence-corrected chi connectivity index (χ1v) is 7.17. The van der Waals surface area contributed by atoms with E-state index in [0.29, 0.717) is 32.6 Å². The number of amidine groups is 1. The van der Waals surface area contributed by atoms with E-state index in [2.05, 4.69) is 4.90 Å². The fourth-order valence-corrected chi connectivity index (χ4v) is 2.75. The molecule has 0 aliphatic carbocycles. The molecule has 1 fully saturated rings.